The third-order valence-corrected chi connectivity index (χ3v) is 6.71. The van der Waals surface area contributed by atoms with Crippen molar-refractivity contribution in [2.45, 2.75) is 31.3 Å². The lowest BCUT2D eigenvalue weighted by Gasteiger charge is -2.34. The molecule has 0 spiro atoms. The minimum atomic E-state index is -3.61. The molecule has 6 nitrogen and oxygen atoms in total. The molecule has 29 heavy (non-hydrogen) atoms. The number of sulfonamides is 1. The Bertz CT molecular complexity index is 894. The molecule has 2 aromatic carbocycles. The predicted molar refractivity (Wildman–Crippen MR) is 119 cm³/mol. The number of aryl methyl sites for hydroxylation is 1. The fraction of sp³-hybridized carbons (Fsp3) is 0.455. The van der Waals surface area contributed by atoms with Gasteiger partial charge in [-0.3, -0.25) is 9.62 Å². The minimum Gasteiger partial charge on any atom is -0.309 e. The summed E-state index contributed by atoms with van der Waals surface area (Å²) in [5.41, 5.74) is 2.68. The first-order chi connectivity index (χ1) is 13.8. The number of nitrogens with one attached hydrogen (secondary N) is 2. The number of piperazine rings is 1. The van der Waals surface area contributed by atoms with Crippen molar-refractivity contribution in [2.24, 2.45) is 0 Å². The Morgan fingerprint density at radius 2 is 1.72 bits per heavy atom. The van der Waals surface area contributed by atoms with Crippen molar-refractivity contribution in [2.75, 3.05) is 44.5 Å². The van der Waals surface area contributed by atoms with E-state index in [4.69, 9.17) is 0 Å². The lowest BCUT2D eigenvalue weighted by molar-refractivity contribution is 0.144. The third-order valence-electron chi connectivity index (χ3n) is 5.33. The Balaban J connectivity index is 1.64. The molecule has 7 heteroatoms. The normalized spacial score (nSPS) is 17.2. The third kappa shape index (κ3) is 6.27. The monoisotopic (exact) mass is 416 g/mol. The van der Waals surface area contributed by atoms with Gasteiger partial charge < -0.3 is 10.2 Å². The Hall–Kier alpha value is -1.93. The number of benzene rings is 2. The maximum atomic E-state index is 12.7. The van der Waals surface area contributed by atoms with Crippen molar-refractivity contribution in [3.8, 4) is 0 Å². The second-order valence-corrected chi connectivity index (χ2v) is 9.65. The molecular weight excluding hydrogens is 384 g/mol. The van der Waals surface area contributed by atoms with Crippen LogP contribution in [0.3, 0.4) is 0 Å². The number of hydrogen-bond donors (Lipinski definition) is 2. The number of anilines is 1. The molecule has 0 aromatic heterocycles. The van der Waals surface area contributed by atoms with E-state index in [1.165, 1.54) is 0 Å². The molecule has 1 unspecified atom stereocenters. The first-order valence-electron chi connectivity index (χ1n) is 10.2. The fourth-order valence-electron chi connectivity index (χ4n) is 3.54. The van der Waals surface area contributed by atoms with Gasteiger partial charge in [0, 0.05) is 45.3 Å². The summed E-state index contributed by atoms with van der Waals surface area (Å²) < 4.78 is 28.2. The van der Waals surface area contributed by atoms with Crippen LogP contribution in [0.1, 0.15) is 18.1 Å². The molecule has 0 bridgehead atoms. The van der Waals surface area contributed by atoms with E-state index < -0.39 is 10.0 Å². The molecule has 1 heterocycles. The summed E-state index contributed by atoms with van der Waals surface area (Å²) in [5, 5.41) is 3.56. The van der Waals surface area contributed by atoms with Gasteiger partial charge in [-0.15, -0.1) is 0 Å². The van der Waals surface area contributed by atoms with Gasteiger partial charge in [0.1, 0.15) is 0 Å². The highest BCUT2D eigenvalue weighted by atomic mass is 32.2. The lowest BCUT2D eigenvalue weighted by atomic mass is 10.1. The average molecular weight is 417 g/mol. The van der Waals surface area contributed by atoms with Crippen molar-refractivity contribution < 1.29 is 8.42 Å². The van der Waals surface area contributed by atoms with E-state index in [1.807, 2.05) is 31.2 Å². The lowest BCUT2D eigenvalue weighted by Crippen LogP contribution is -2.48. The summed E-state index contributed by atoms with van der Waals surface area (Å²) in [5.74, 6) is 0. The number of rotatable bonds is 8. The molecule has 0 amide bonds. The smallest absolute Gasteiger partial charge is 0.261 e. The van der Waals surface area contributed by atoms with Crippen LogP contribution in [0.4, 0.5) is 5.69 Å². The SMILES string of the molecule is Cc1ccc(NS(=O)(=O)c2ccccc2)c(CNC(C)CN2CCN(C)CC2)c1. The first-order valence-corrected chi connectivity index (χ1v) is 11.6. The van der Waals surface area contributed by atoms with Crippen molar-refractivity contribution >= 4 is 15.7 Å². The summed E-state index contributed by atoms with van der Waals surface area (Å²) in [7, 11) is -1.44. The molecule has 158 valence electrons. The molecule has 0 aliphatic carbocycles. The van der Waals surface area contributed by atoms with Gasteiger partial charge in [-0.1, -0.05) is 35.9 Å². The highest BCUT2D eigenvalue weighted by molar-refractivity contribution is 7.92. The van der Waals surface area contributed by atoms with Crippen LogP contribution in [0.5, 0.6) is 0 Å². The van der Waals surface area contributed by atoms with Crippen LogP contribution in [-0.4, -0.2) is 64.0 Å². The van der Waals surface area contributed by atoms with Crippen LogP contribution in [0.2, 0.25) is 0 Å². The summed E-state index contributed by atoms with van der Waals surface area (Å²) in [6.07, 6.45) is 0. The number of likely N-dealkylation sites (N-methyl/N-ethyl adjacent to an activating group) is 1. The van der Waals surface area contributed by atoms with Crippen LogP contribution in [0.25, 0.3) is 0 Å². The van der Waals surface area contributed by atoms with Gasteiger partial charge in [-0.05, 0) is 44.7 Å². The zero-order valence-electron chi connectivity index (χ0n) is 17.6. The Morgan fingerprint density at radius 3 is 2.41 bits per heavy atom. The summed E-state index contributed by atoms with van der Waals surface area (Å²) in [6, 6.07) is 14.6. The molecular formula is C22H32N4O2S. The van der Waals surface area contributed by atoms with Gasteiger partial charge in [0.05, 0.1) is 10.6 Å². The zero-order chi connectivity index (χ0) is 20.9. The quantitative estimate of drug-likeness (QED) is 0.692. The van der Waals surface area contributed by atoms with Crippen molar-refractivity contribution in [1.29, 1.82) is 0 Å². The predicted octanol–water partition coefficient (Wildman–Crippen LogP) is 2.52. The Kier molecular flexibility index (Phi) is 7.29. The van der Waals surface area contributed by atoms with Crippen LogP contribution >= 0.6 is 0 Å². The van der Waals surface area contributed by atoms with E-state index in [0.717, 1.165) is 43.9 Å². The minimum absolute atomic E-state index is 0.267. The number of hydrogen-bond acceptors (Lipinski definition) is 5. The Labute approximate surface area is 175 Å². The molecule has 1 atom stereocenters. The largest absolute Gasteiger partial charge is 0.309 e. The summed E-state index contributed by atoms with van der Waals surface area (Å²) in [6.45, 7) is 10.2. The molecule has 1 aliphatic rings. The fourth-order valence-corrected chi connectivity index (χ4v) is 4.66. The second kappa shape index (κ2) is 9.71. The van der Waals surface area contributed by atoms with E-state index in [9.17, 15) is 8.42 Å². The topological polar surface area (TPSA) is 64.7 Å². The first kappa shape index (κ1) is 21.8. The van der Waals surface area contributed by atoms with Gasteiger partial charge in [0.15, 0.2) is 0 Å². The Morgan fingerprint density at radius 1 is 1.03 bits per heavy atom. The van der Waals surface area contributed by atoms with Crippen LogP contribution in [0, 0.1) is 6.92 Å². The molecule has 0 saturated carbocycles. The van der Waals surface area contributed by atoms with E-state index in [-0.39, 0.29) is 4.90 Å². The standard InChI is InChI=1S/C22H32N4O2S/c1-18-9-10-22(24-29(27,28)21-7-5-4-6-8-21)20(15-18)16-23-19(2)17-26-13-11-25(3)12-14-26/h4-10,15,19,23-24H,11-14,16-17H2,1-3H3. The van der Waals surface area contributed by atoms with Gasteiger partial charge in [0.2, 0.25) is 0 Å². The summed E-state index contributed by atoms with van der Waals surface area (Å²) in [4.78, 5) is 5.10. The average Bonchev–Trinajstić information content (AvgIpc) is 2.70. The number of nitrogens with zero attached hydrogens (tertiary/aromatic N) is 2. The van der Waals surface area contributed by atoms with Crippen LogP contribution in [-0.2, 0) is 16.6 Å². The molecule has 0 radical (unpaired) electrons. The molecule has 1 fully saturated rings. The van der Waals surface area contributed by atoms with Crippen molar-refractivity contribution in [3.63, 3.8) is 0 Å². The maximum absolute atomic E-state index is 12.7. The molecule has 1 aliphatic heterocycles. The summed E-state index contributed by atoms with van der Waals surface area (Å²) >= 11 is 0. The van der Waals surface area contributed by atoms with Gasteiger partial charge in [-0.2, -0.15) is 0 Å². The van der Waals surface area contributed by atoms with E-state index in [2.05, 4.69) is 33.8 Å². The van der Waals surface area contributed by atoms with Gasteiger partial charge in [0.25, 0.3) is 10.0 Å². The van der Waals surface area contributed by atoms with E-state index >= 15 is 0 Å². The maximum Gasteiger partial charge on any atom is 0.261 e. The highest BCUT2D eigenvalue weighted by Gasteiger charge is 2.18. The highest BCUT2D eigenvalue weighted by Crippen LogP contribution is 2.21. The van der Waals surface area contributed by atoms with Crippen LogP contribution in [0.15, 0.2) is 53.4 Å². The van der Waals surface area contributed by atoms with Gasteiger partial charge in [-0.25, -0.2) is 8.42 Å². The van der Waals surface area contributed by atoms with E-state index in [1.54, 1.807) is 24.3 Å². The van der Waals surface area contributed by atoms with Crippen LogP contribution < -0.4 is 10.0 Å². The van der Waals surface area contributed by atoms with Crippen molar-refractivity contribution in [3.05, 3.63) is 59.7 Å². The molecule has 1 saturated heterocycles. The molecule has 3 rings (SSSR count). The molecule has 2 aromatic rings. The molecule has 2 N–H and O–H groups in total. The van der Waals surface area contributed by atoms with Crippen molar-refractivity contribution in [1.82, 2.24) is 15.1 Å². The zero-order valence-corrected chi connectivity index (χ0v) is 18.4. The second-order valence-electron chi connectivity index (χ2n) is 7.96. The van der Waals surface area contributed by atoms with Gasteiger partial charge >= 0.3 is 0 Å². The van der Waals surface area contributed by atoms with E-state index in [0.29, 0.717) is 18.3 Å².